The maximum Gasteiger partial charge on any atom is 0.339 e. The minimum atomic E-state index is -0.321. The summed E-state index contributed by atoms with van der Waals surface area (Å²) in [6, 6.07) is 4.33. The van der Waals surface area contributed by atoms with Crippen LogP contribution >= 0.6 is 0 Å². The van der Waals surface area contributed by atoms with Crippen molar-refractivity contribution < 1.29 is 9.53 Å². The van der Waals surface area contributed by atoms with Gasteiger partial charge in [-0.2, -0.15) is 0 Å². The summed E-state index contributed by atoms with van der Waals surface area (Å²) in [5.41, 5.74) is 1.28. The van der Waals surface area contributed by atoms with Gasteiger partial charge >= 0.3 is 5.97 Å². The number of piperidine rings is 1. The number of anilines is 1. The molecule has 2 aliphatic rings. The summed E-state index contributed by atoms with van der Waals surface area (Å²) in [5, 5.41) is 3.59. The number of aryl methyl sites for hydroxylation is 1. The maximum absolute atomic E-state index is 11.6. The third-order valence-corrected chi connectivity index (χ3v) is 4.40. The second-order valence-corrected chi connectivity index (χ2v) is 5.66. The van der Waals surface area contributed by atoms with Crippen LogP contribution in [0.1, 0.15) is 28.9 Å². The Morgan fingerprint density at radius 1 is 1.45 bits per heavy atom. The first-order valence-corrected chi connectivity index (χ1v) is 7.23. The van der Waals surface area contributed by atoms with E-state index in [0.29, 0.717) is 11.6 Å². The first-order chi connectivity index (χ1) is 9.69. The first-order valence-electron chi connectivity index (χ1n) is 7.23. The number of methoxy groups -OCH3 is 1. The van der Waals surface area contributed by atoms with Crippen LogP contribution in [0.5, 0.6) is 0 Å². The molecule has 1 aromatic rings. The van der Waals surface area contributed by atoms with Gasteiger partial charge in [-0.25, -0.2) is 9.78 Å². The molecule has 0 spiro atoms. The minimum Gasteiger partial charge on any atom is -0.465 e. The van der Waals surface area contributed by atoms with E-state index in [-0.39, 0.29) is 5.97 Å². The number of aromatic nitrogens is 1. The van der Waals surface area contributed by atoms with Gasteiger partial charge in [-0.1, -0.05) is 0 Å². The number of fused-ring (bicyclic) bond motifs is 1. The summed E-state index contributed by atoms with van der Waals surface area (Å²) in [7, 11) is 1.40. The van der Waals surface area contributed by atoms with Crippen LogP contribution in [0.25, 0.3) is 0 Å². The van der Waals surface area contributed by atoms with Gasteiger partial charge in [0.25, 0.3) is 0 Å². The van der Waals surface area contributed by atoms with E-state index in [1.807, 2.05) is 19.1 Å². The third kappa shape index (κ3) is 2.38. The zero-order valence-electron chi connectivity index (χ0n) is 12.1. The molecule has 2 unspecified atom stereocenters. The van der Waals surface area contributed by atoms with E-state index in [4.69, 9.17) is 4.74 Å². The molecule has 5 nitrogen and oxygen atoms in total. The molecular weight excluding hydrogens is 254 g/mol. The van der Waals surface area contributed by atoms with Crippen LogP contribution in [-0.2, 0) is 4.74 Å². The van der Waals surface area contributed by atoms with Crippen molar-refractivity contribution in [1.29, 1.82) is 0 Å². The molecule has 5 heteroatoms. The van der Waals surface area contributed by atoms with Crippen LogP contribution < -0.4 is 10.2 Å². The molecule has 0 amide bonds. The average molecular weight is 275 g/mol. The molecule has 0 bridgehead atoms. The van der Waals surface area contributed by atoms with Crippen molar-refractivity contribution in [1.82, 2.24) is 10.3 Å². The van der Waals surface area contributed by atoms with Crippen molar-refractivity contribution in [2.75, 3.05) is 31.6 Å². The van der Waals surface area contributed by atoms with Gasteiger partial charge in [0.2, 0.25) is 0 Å². The Hall–Kier alpha value is -1.62. The number of esters is 1. The second-order valence-electron chi connectivity index (χ2n) is 5.66. The topological polar surface area (TPSA) is 54.5 Å². The number of hydrogen-bond donors (Lipinski definition) is 1. The van der Waals surface area contributed by atoms with Crippen molar-refractivity contribution in [3.05, 3.63) is 23.4 Å². The maximum atomic E-state index is 11.6. The number of ether oxygens (including phenoxy) is 1. The molecule has 3 heterocycles. The number of hydrogen-bond acceptors (Lipinski definition) is 5. The van der Waals surface area contributed by atoms with Crippen molar-refractivity contribution in [2.45, 2.75) is 25.8 Å². The zero-order chi connectivity index (χ0) is 14.1. The highest BCUT2D eigenvalue weighted by atomic mass is 16.5. The van der Waals surface area contributed by atoms with Crippen LogP contribution in [0, 0.1) is 12.8 Å². The number of carbonyl (C=O) groups excluding carboxylic acids is 1. The van der Waals surface area contributed by atoms with Crippen LogP contribution in [0.3, 0.4) is 0 Å². The van der Waals surface area contributed by atoms with Gasteiger partial charge in [0, 0.05) is 19.1 Å². The van der Waals surface area contributed by atoms with Gasteiger partial charge in [-0.3, -0.25) is 0 Å². The van der Waals surface area contributed by atoms with Crippen LogP contribution in [0.4, 0.5) is 5.82 Å². The molecular formula is C15H21N3O2. The first kappa shape index (κ1) is 13.4. The number of nitrogens with one attached hydrogen (secondary N) is 1. The molecule has 20 heavy (non-hydrogen) atoms. The normalized spacial score (nSPS) is 25.4. The predicted octanol–water partition coefficient (Wildman–Crippen LogP) is 1.36. The van der Waals surface area contributed by atoms with Crippen LogP contribution in [0.2, 0.25) is 0 Å². The van der Waals surface area contributed by atoms with Gasteiger partial charge in [-0.15, -0.1) is 0 Å². The number of carbonyl (C=O) groups is 1. The summed E-state index contributed by atoms with van der Waals surface area (Å²) in [5.74, 6) is 1.37. The minimum absolute atomic E-state index is 0.321. The van der Waals surface area contributed by atoms with Gasteiger partial charge in [0.15, 0.2) is 0 Å². The summed E-state index contributed by atoms with van der Waals surface area (Å²) < 4.78 is 4.76. The van der Waals surface area contributed by atoms with Gasteiger partial charge in [-0.05, 0) is 44.4 Å². The van der Waals surface area contributed by atoms with E-state index in [2.05, 4.69) is 15.2 Å². The van der Waals surface area contributed by atoms with Crippen LogP contribution in [0.15, 0.2) is 12.1 Å². The van der Waals surface area contributed by atoms with E-state index < -0.39 is 0 Å². The number of rotatable bonds is 2. The molecule has 0 aromatic carbocycles. The molecule has 3 rings (SSSR count). The molecule has 2 atom stereocenters. The Kier molecular flexibility index (Phi) is 3.61. The lowest BCUT2D eigenvalue weighted by atomic mass is 9.94. The molecule has 1 N–H and O–H groups in total. The van der Waals surface area contributed by atoms with E-state index >= 15 is 0 Å². The van der Waals surface area contributed by atoms with Crippen molar-refractivity contribution in [2.24, 2.45) is 5.92 Å². The largest absolute Gasteiger partial charge is 0.465 e. The molecule has 0 radical (unpaired) electrons. The molecule has 1 aromatic heterocycles. The molecule has 108 valence electrons. The lowest BCUT2D eigenvalue weighted by molar-refractivity contribution is 0.0599. The van der Waals surface area contributed by atoms with E-state index in [0.717, 1.165) is 37.1 Å². The number of nitrogens with zero attached hydrogens (tertiary/aromatic N) is 2. The monoisotopic (exact) mass is 275 g/mol. The quantitative estimate of drug-likeness (QED) is 0.826. The summed E-state index contributed by atoms with van der Waals surface area (Å²) in [6.45, 7) is 5.05. The Bertz CT molecular complexity index is 504. The third-order valence-electron chi connectivity index (χ3n) is 4.40. The number of pyridine rings is 1. The standard InChI is InChI=1S/C15H21N3O2/c1-10-12(15(19)20-2)5-6-14(17-10)18-8-11-4-3-7-16-13(11)9-18/h5-6,11,13,16H,3-4,7-9H2,1-2H3. The van der Waals surface area contributed by atoms with E-state index in [9.17, 15) is 4.79 Å². The highest BCUT2D eigenvalue weighted by Crippen LogP contribution is 2.28. The second kappa shape index (κ2) is 5.40. The van der Waals surface area contributed by atoms with Gasteiger partial charge in [0.1, 0.15) is 5.82 Å². The highest BCUT2D eigenvalue weighted by molar-refractivity contribution is 5.90. The van der Waals surface area contributed by atoms with Gasteiger partial charge < -0.3 is 15.0 Å². The van der Waals surface area contributed by atoms with Crippen LogP contribution in [-0.4, -0.2) is 43.7 Å². The fourth-order valence-corrected chi connectivity index (χ4v) is 3.28. The van der Waals surface area contributed by atoms with Crippen molar-refractivity contribution in [3.8, 4) is 0 Å². The SMILES string of the molecule is COC(=O)c1ccc(N2CC3CCCNC3C2)nc1C. The average Bonchev–Trinajstić information content (AvgIpc) is 2.90. The smallest absolute Gasteiger partial charge is 0.339 e. The molecule has 2 fully saturated rings. The predicted molar refractivity (Wildman–Crippen MR) is 77.0 cm³/mol. The molecule has 0 aliphatic carbocycles. The molecule has 2 saturated heterocycles. The lowest BCUT2D eigenvalue weighted by Gasteiger charge is -2.24. The fraction of sp³-hybridized carbons (Fsp3) is 0.600. The lowest BCUT2D eigenvalue weighted by Crippen LogP contribution is -2.40. The Morgan fingerprint density at radius 2 is 2.30 bits per heavy atom. The fourth-order valence-electron chi connectivity index (χ4n) is 3.28. The zero-order valence-corrected chi connectivity index (χ0v) is 12.1. The van der Waals surface area contributed by atoms with E-state index in [1.54, 1.807) is 0 Å². The Labute approximate surface area is 119 Å². The van der Waals surface area contributed by atoms with Crippen molar-refractivity contribution >= 4 is 11.8 Å². The van der Waals surface area contributed by atoms with E-state index in [1.165, 1.54) is 20.0 Å². The summed E-state index contributed by atoms with van der Waals surface area (Å²) in [4.78, 5) is 18.5. The highest BCUT2D eigenvalue weighted by Gasteiger charge is 2.34. The van der Waals surface area contributed by atoms with Gasteiger partial charge in [0.05, 0.1) is 18.4 Å². The summed E-state index contributed by atoms with van der Waals surface area (Å²) in [6.07, 6.45) is 2.57. The van der Waals surface area contributed by atoms with Crippen molar-refractivity contribution in [3.63, 3.8) is 0 Å². The summed E-state index contributed by atoms with van der Waals surface area (Å²) >= 11 is 0. The Balaban J connectivity index is 1.78. The Morgan fingerprint density at radius 3 is 3.00 bits per heavy atom. The molecule has 0 saturated carbocycles. The molecule has 2 aliphatic heterocycles.